The van der Waals surface area contributed by atoms with Crippen LogP contribution in [0.4, 0.5) is 17.2 Å². The predicted octanol–water partition coefficient (Wildman–Crippen LogP) is 1.86. The minimum atomic E-state index is -0.797. The molecule has 2 rings (SSSR count). The van der Waals surface area contributed by atoms with Gasteiger partial charge in [-0.3, -0.25) is 9.59 Å². The summed E-state index contributed by atoms with van der Waals surface area (Å²) in [6.45, 7) is 3.73. The molecule has 0 saturated carbocycles. The molecule has 1 heterocycles. The van der Waals surface area contributed by atoms with Crippen molar-refractivity contribution in [1.82, 2.24) is 4.98 Å². The third-order valence-electron chi connectivity index (χ3n) is 2.82. The number of hydrogen-bond acceptors (Lipinski definition) is 4. The quantitative estimate of drug-likeness (QED) is 0.579. The van der Waals surface area contributed by atoms with Crippen LogP contribution in [0.3, 0.4) is 0 Å². The third kappa shape index (κ3) is 3.79. The lowest BCUT2D eigenvalue weighted by Crippen LogP contribution is -2.29. The second-order valence-corrected chi connectivity index (χ2v) is 4.72. The summed E-state index contributed by atoms with van der Waals surface area (Å²) < 4.78 is 0. The fraction of sp³-hybridized carbons (Fsp3) is 0.133. The number of amides is 2. The van der Waals surface area contributed by atoms with Crippen molar-refractivity contribution in [3.05, 3.63) is 47.7 Å². The first-order valence-electron chi connectivity index (χ1n) is 6.37. The summed E-state index contributed by atoms with van der Waals surface area (Å²) >= 11 is 0. The average molecular weight is 284 g/mol. The lowest BCUT2D eigenvalue weighted by molar-refractivity contribution is -0.133. The number of nitrogens with zero attached hydrogens (tertiary/aromatic N) is 1. The van der Waals surface area contributed by atoms with E-state index >= 15 is 0 Å². The van der Waals surface area contributed by atoms with Gasteiger partial charge >= 0.3 is 11.8 Å². The van der Waals surface area contributed by atoms with E-state index in [1.807, 2.05) is 19.9 Å². The molecule has 108 valence electrons. The molecule has 1 aromatic carbocycles. The molecule has 0 atom stereocenters. The molecule has 0 aliphatic carbocycles. The van der Waals surface area contributed by atoms with E-state index in [2.05, 4.69) is 15.6 Å². The molecule has 0 saturated heterocycles. The highest BCUT2D eigenvalue weighted by Gasteiger charge is 2.15. The van der Waals surface area contributed by atoms with E-state index in [4.69, 9.17) is 5.73 Å². The molecule has 0 radical (unpaired) electrons. The van der Waals surface area contributed by atoms with Crippen LogP contribution in [-0.4, -0.2) is 16.8 Å². The zero-order chi connectivity index (χ0) is 15.4. The molecular formula is C15H16N4O2. The van der Waals surface area contributed by atoms with Crippen LogP contribution in [0.15, 0.2) is 36.5 Å². The number of carbonyl (C=O) groups excluding carboxylic acids is 2. The van der Waals surface area contributed by atoms with Crippen LogP contribution in [0.2, 0.25) is 0 Å². The average Bonchev–Trinajstić information content (AvgIpc) is 2.43. The van der Waals surface area contributed by atoms with E-state index in [0.29, 0.717) is 17.2 Å². The van der Waals surface area contributed by atoms with Crippen molar-refractivity contribution in [2.45, 2.75) is 13.8 Å². The lowest BCUT2D eigenvalue weighted by atomic mass is 10.2. The van der Waals surface area contributed by atoms with Gasteiger partial charge in [-0.2, -0.15) is 0 Å². The highest BCUT2D eigenvalue weighted by molar-refractivity contribution is 6.43. The van der Waals surface area contributed by atoms with Crippen LogP contribution in [0.25, 0.3) is 0 Å². The molecule has 6 nitrogen and oxygen atoms in total. The Balaban J connectivity index is 2.06. The van der Waals surface area contributed by atoms with Gasteiger partial charge in [-0.15, -0.1) is 0 Å². The van der Waals surface area contributed by atoms with Gasteiger partial charge in [-0.25, -0.2) is 4.98 Å². The summed E-state index contributed by atoms with van der Waals surface area (Å²) in [6, 6.07) is 8.66. The van der Waals surface area contributed by atoms with Crippen LogP contribution in [-0.2, 0) is 9.59 Å². The minimum Gasteiger partial charge on any atom is -0.397 e. The molecular weight excluding hydrogens is 268 g/mol. The number of aryl methyl sites for hydroxylation is 2. The Morgan fingerprint density at radius 3 is 2.38 bits per heavy atom. The SMILES string of the molecule is Cc1ccnc(NC(=O)C(=O)Nc2cc(C)ccc2N)c1. The molecule has 0 aliphatic heterocycles. The topological polar surface area (TPSA) is 97.1 Å². The first kappa shape index (κ1) is 14.5. The zero-order valence-electron chi connectivity index (χ0n) is 11.8. The molecule has 0 aliphatic rings. The Hall–Kier alpha value is -2.89. The van der Waals surface area contributed by atoms with Crippen molar-refractivity contribution in [3.63, 3.8) is 0 Å². The lowest BCUT2D eigenvalue weighted by Gasteiger charge is -2.09. The van der Waals surface area contributed by atoms with Gasteiger partial charge in [0.2, 0.25) is 0 Å². The zero-order valence-corrected chi connectivity index (χ0v) is 11.8. The summed E-state index contributed by atoms with van der Waals surface area (Å²) in [6.07, 6.45) is 1.56. The number of rotatable bonds is 2. The fourth-order valence-corrected chi connectivity index (χ4v) is 1.74. The Kier molecular flexibility index (Phi) is 4.18. The van der Waals surface area contributed by atoms with Crippen molar-refractivity contribution in [3.8, 4) is 0 Å². The van der Waals surface area contributed by atoms with Crippen molar-refractivity contribution < 1.29 is 9.59 Å². The van der Waals surface area contributed by atoms with E-state index in [1.54, 1.807) is 30.5 Å². The number of nitrogens with one attached hydrogen (secondary N) is 2. The largest absolute Gasteiger partial charge is 0.397 e. The molecule has 0 spiro atoms. The van der Waals surface area contributed by atoms with Gasteiger partial charge in [0.25, 0.3) is 0 Å². The van der Waals surface area contributed by atoms with E-state index < -0.39 is 11.8 Å². The number of nitrogens with two attached hydrogens (primary N) is 1. The number of carbonyl (C=O) groups is 2. The van der Waals surface area contributed by atoms with E-state index in [0.717, 1.165) is 11.1 Å². The van der Waals surface area contributed by atoms with Gasteiger partial charge in [-0.1, -0.05) is 6.07 Å². The van der Waals surface area contributed by atoms with E-state index in [9.17, 15) is 9.59 Å². The third-order valence-corrected chi connectivity index (χ3v) is 2.82. The van der Waals surface area contributed by atoms with Gasteiger partial charge < -0.3 is 16.4 Å². The second-order valence-electron chi connectivity index (χ2n) is 4.72. The number of aromatic nitrogens is 1. The smallest absolute Gasteiger partial charge is 0.315 e. The maximum Gasteiger partial charge on any atom is 0.315 e. The maximum atomic E-state index is 11.9. The van der Waals surface area contributed by atoms with Gasteiger partial charge in [0, 0.05) is 6.20 Å². The predicted molar refractivity (Wildman–Crippen MR) is 81.8 cm³/mol. The van der Waals surface area contributed by atoms with Crippen LogP contribution < -0.4 is 16.4 Å². The minimum absolute atomic E-state index is 0.326. The van der Waals surface area contributed by atoms with Crippen LogP contribution in [0.1, 0.15) is 11.1 Å². The van der Waals surface area contributed by atoms with Gasteiger partial charge in [-0.05, 0) is 49.2 Å². The first-order valence-corrected chi connectivity index (χ1v) is 6.37. The molecule has 0 fully saturated rings. The standard InChI is InChI=1S/C15H16N4O2/c1-9-3-4-11(16)12(7-9)18-14(20)15(21)19-13-8-10(2)5-6-17-13/h3-8H,16H2,1-2H3,(H,18,20)(H,17,19,21). The monoisotopic (exact) mass is 284 g/mol. The van der Waals surface area contributed by atoms with Crippen molar-refractivity contribution in [2.24, 2.45) is 0 Å². The highest BCUT2D eigenvalue weighted by Crippen LogP contribution is 2.19. The summed E-state index contributed by atoms with van der Waals surface area (Å²) in [7, 11) is 0. The van der Waals surface area contributed by atoms with E-state index in [-0.39, 0.29) is 0 Å². The molecule has 0 bridgehead atoms. The molecule has 2 aromatic rings. The van der Waals surface area contributed by atoms with Gasteiger partial charge in [0.1, 0.15) is 5.82 Å². The van der Waals surface area contributed by atoms with Crippen LogP contribution >= 0.6 is 0 Å². The normalized spacial score (nSPS) is 10.0. The number of benzene rings is 1. The Labute approximate surface area is 122 Å². The Morgan fingerprint density at radius 1 is 1.00 bits per heavy atom. The Morgan fingerprint density at radius 2 is 1.67 bits per heavy atom. The van der Waals surface area contributed by atoms with E-state index in [1.165, 1.54) is 0 Å². The van der Waals surface area contributed by atoms with Gasteiger partial charge in [0.15, 0.2) is 0 Å². The molecule has 21 heavy (non-hydrogen) atoms. The van der Waals surface area contributed by atoms with Crippen molar-refractivity contribution >= 4 is 29.0 Å². The van der Waals surface area contributed by atoms with Crippen LogP contribution in [0, 0.1) is 13.8 Å². The molecule has 2 amide bonds. The molecule has 0 unspecified atom stereocenters. The summed E-state index contributed by atoms with van der Waals surface area (Å²) in [5.74, 6) is -1.27. The molecule has 1 aromatic heterocycles. The van der Waals surface area contributed by atoms with Crippen molar-refractivity contribution in [2.75, 3.05) is 16.4 Å². The Bertz CT molecular complexity index is 698. The summed E-state index contributed by atoms with van der Waals surface area (Å²) in [5, 5.41) is 4.92. The number of nitrogen functional groups attached to an aromatic ring is 1. The summed E-state index contributed by atoms with van der Waals surface area (Å²) in [5.41, 5.74) is 8.42. The number of pyridine rings is 1. The number of anilines is 3. The number of hydrogen-bond donors (Lipinski definition) is 3. The maximum absolute atomic E-state index is 11.9. The molecule has 6 heteroatoms. The molecule has 4 N–H and O–H groups in total. The highest BCUT2D eigenvalue weighted by atomic mass is 16.2. The summed E-state index contributed by atoms with van der Waals surface area (Å²) in [4.78, 5) is 27.6. The van der Waals surface area contributed by atoms with Crippen molar-refractivity contribution in [1.29, 1.82) is 0 Å². The fourth-order valence-electron chi connectivity index (χ4n) is 1.74. The van der Waals surface area contributed by atoms with Gasteiger partial charge in [0.05, 0.1) is 11.4 Å². The first-order chi connectivity index (χ1) is 9.95. The second kappa shape index (κ2) is 6.04. The van der Waals surface area contributed by atoms with Crippen LogP contribution in [0.5, 0.6) is 0 Å².